The highest BCUT2D eigenvalue weighted by atomic mass is 79.9. The van der Waals surface area contributed by atoms with Gasteiger partial charge in [-0.2, -0.15) is 4.31 Å². The fourth-order valence-corrected chi connectivity index (χ4v) is 5.02. The van der Waals surface area contributed by atoms with Crippen molar-refractivity contribution in [1.82, 2.24) is 9.62 Å². The number of benzene rings is 2. The highest BCUT2D eigenvalue weighted by molar-refractivity contribution is 9.10. The Morgan fingerprint density at radius 3 is 2.46 bits per heavy atom. The van der Waals surface area contributed by atoms with Gasteiger partial charge in [-0.25, -0.2) is 8.42 Å². The van der Waals surface area contributed by atoms with Crippen LogP contribution in [0.4, 0.5) is 0 Å². The molecule has 1 atom stereocenters. The first kappa shape index (κ1) is 19.1. The lowest BCUT2D eigenvalue weighted by atomic mass is 10.0. The molecule has 0 unspecified atom stereocenters. The van der Waals surface area contributed by atoms with Gasteiger partial charge in [0.15, 0.2) is 0 Å². The third-order valence-corrected chi connectivity index (χ3v) is 6.94. The van der Waals surface area contributed by atoms with Crippen LogP contribution in [0.1, 0.15) is 24.8 Å². The summed E-state index contributed by atoms with van der Waals surface area (Å²) < 4.78 is 28.2. The molecule has 1 aliphatic heterocycles. The number of sulfonamides is 1. The van der Waals surface area contributed by atoms with Crippen LogP contribution in [-0.2, 0) is 21.4 Å². The molecule has 0 saturated carbocycles. The van der Waals surface area contributed by atoms with Crippen molar-refractivity contribution in [3.8, 4) is 0 Å². The van der Waals surface area contributed by atoms with Gasteiger partial charge in [0.05, 0.1) is 4.90 Å². The van der Waals surface area contributed by atoms with Gasteiger partial charge in [-0.3, -0.25) is 4.79 Å². The first-order valence-corrected chi connectivity index (χ1v) is 10.8. The maximum absolute atomic E-state index is 13.0. The molecule has 0 aromatic heterocycles. The summed E-state index contributed by atoms with van der Waals surface area (Å²) in [6.07, 6.45) is 2.14. The quantitative estimate of drug-likeness (QED) is 0.781. The number of piperidine rings is 1. The fourth-order valence-electron chi connectivity index (χ4n) is 3.10. The molecule has 0 spiro atoms. The molecule has 5 nitrogen and oxygen atoms in total. The predicted molar refractivity (Wildman–Crippen MR) is 104 cm³/mol. The van der Waals surface area contributed by atoms with Crippen molar-refractivity contribution in [2.75, 3.05) is 6.54 Å². The van der Waals surface area contributed by atoms with Gasteiger partial charge < -0.3 is 5.32 Å². The minimum Gasteiger partial charge on any atom is -0.351 e. The van der Waals surface area contributed by atoms with Gasteiger partial charge in [0, 0.05) is 17.6 Å². The average molecular weight is 437 g/mol. The van der Waals surface area contributed by atoms with Crippen LogP contribution in [0.5, 0.6) is 0 Å². The summed E-state index contributed by atoms with van der Waals surface area (Å²) in [7, 11) is -3.70. The molecule has 7 heteroatoms. The van der Waals surface area contributed by atoms with Crippen molar-refractivity contribution in [3.63, 3.8) is 0 Å². The van der Waals surface area contributed by atoms with Gasteiger partial charge in [0.2, 0.25) is 15.9 Å². The van der Waals surface area contributed by atoms with E-state index in [0.29, 0.717) is 19.5 Å². The van der Waals surface area contributed by atoms with Crippen molar-refractivity contribution in [3.05, 3.63) is 64.6 Å². The molecule has 1 aliphatic rings. The summed E-state index contributed by atoms with van der Waals surface area (Å²) in [5.41, 5.74) is 0.985. The average Bonchev–Trinajstić information content (AvgIpc) is 2.67. The topological polar surface area (TPSA) is 66.5 Å². The monoisotopic (exact) mass is 436 g/mol. The smallest absolute Gasteiger partial charge is 0.243 e. The van der Waals surface area contributed by atoms with Crippen LogP contribution in [-0.4, -0.2) is 31.2 Å². The molecule has 0 radical (unpaired) electrons. The SMILES string of the molecule is O=C(NCc1ccccc1)[C@H]1CCCCN1S(=O)(=O)c1ccc(Br)cc1. The van der Waals surface area contributed by atoms with E-state index in [0.717, 1.165) is 22.9 Å². The molecule has 1 fully saturated rings. The normalized spacial score (nSPS) is 18.4. The van der Waals surface area contributed by atoms with Gasteiger partial charge in [-0.05, 0) is 42.7 Å². The zero-order chi connectivity index (χ0) is 18.6. The predicted octanol–water partition coefficient (Wildman–Crippen LogP) is 3.31. The van der Waals surface area contributed by atoms with Crippen molar-refractivity contribution < 1.29 is 13.2 Å². The number of hydrogen-bond acceptors (Lipinski definition) is 3. The second-order valence-corrected chi connectivity index (χ2v) is 9.09. The molecule has 26 heavy (non-hydrogen) atoms. The highest BCUT2D eigenvalue weighted by Gasteiger charge is 2.37. The van der Waals surface area contributed by atoms with Crippen LogP contribution in [0.25, 0.3) is 0 Å². The zero-order valence-electron chi connectivity index (χ0n) is 14.3. The molecule has 1 N–H and O–H groups in total. The van der Waals surface area contributed by atoms with Gasteiger partial charge >= 0.3 is 0 Å². The molecule has 3 rings (SSSR count). The van der Waals surface area contributed by atoms with Crippen LogP contribution in [0.2, 0.25) is 0 Å². The molecular formula is C19H21BrN2O3S. The Hall–Kier alpha value is -1.70. The molecule has 2 aromatic carbocycles. The Kier molecular flexibility index (Phi) is 6.11. The Labute approximate surface area is 162 Å². The standard InChI is InChI=1S/C19H21BrN2O3S/c20-16-9-11-17(12-10-16)26(24,25)22-13-5-4-8-18(22)19(23)21-14-15-6-2-1-3-7-15/h1-3,6-7,9-12,18H,4-5,8,13-14H2,(H,21,23)/t18-/m1/s1. The number of hydrogen-bond donors (Lipinski definition) is 1. The van der Waals surface area contributed by atoms with E-state index in [1.807, 2.05) is 30.3 Å². The highest BCUT2D eigenvalue weighted by Crippen LogP contribution is 2.26. The van der Waals surface area contributed by atoms with Crippen molar-refractivity contribution in [2.45, 2.75) is 36.7 Å². The van der Waals surface area contributed by atoms with E-state index in [4.69, 9.17) is 0 Å². The van der Waals surface area contributed by atoms with Gasteiger partial charge in [0.25, 0.3) is 0 Å². The summed E-state index contributed by atoms with van der Waals surface area (Å²) in [5.74, 6) is -0.241. The number of halogens is 1. The van der Waals surface area contributed by atoms with E-state index in [2.05, 4.69) is 21.2 Å². The van der Waals surface area contributed by atoms with Crippen LogP contribution in [0, 0.1) is 0 Å². The van der Waals surface area contributed by atoms with Crippen molar-refractivity contribution in [2.24, 2.45) is 0 Å². The number of amides is 1. The summed E-state index contributed by atoms with van der Waals surface area (Å²) in [4.78, 5) is 12.9. The van der Waals surface area contributed by atoms with Crippen LogP contribution < -0.4 is 5.32 Å². The number of carbonyl (C=O) groups is 1. The summed E-state index contributed by atoms with van der Waals surface area (Å²) in [6, 6.07) is 15.4. The number of nitrogens with one attached hydrogen (secondary N) is 1. The fraction of sp³-hybridized carbons (Fsp3) is 0.316. The maximum Gasteiger partial charge on any atom is 0.243 e. The largest absolute Gasteiger partial charge is 0.351 e. The molecule has 1 saturated heterocycles. The number of rotatable bonds is 5. The lowest BCUT2D eigenvalue weighted by Crippen LogP contribution is -2.51. The van der Waals surface area contributed by atoms with E-state index in [-0.39, 0.29) is 10.8 Å². The van der Waals surface area contributed by atoms with E-state index >= 15 is 0 Å². The Morgan fingerprint density at radius 2 is 1.77 bits per heavy atom. The number of carbonyl (C=O) groups excluding carboxylic acids is 1. The lowest BCUT2D eigenvalue weighted by Gasteiger charge is -2.33. The molecule has 0 bridgehead atoms. The van der Waals surface area contributed by atoms with Gasteiger partial charge in [-0.15, -0.1) is 0 Å². The van der Waals surface area contributed by atoms with Crippen LogP contribution in [0.15, 0.2) is 64.0 Å². The van der Waals surface area contributed by atoms with Crippen molar-refractivity contribution >= 4 is 31.9 Å². The molecule has 1 amide bonds. The number of nitrogens with zero attached hydrogens (tertiary/aromatic N) is 1. The maximum atomic E-state index is 13.0. The first-order valence-electron chi connectivity index (χ1n) is 8.57. The second-order valence-electron chi connectivity index (χ2n) is 6.28. The third-order valence-electron chi connectivity index (χ3n) is 4.49. The summed E-state index contributed by atoms with van der Waals surface area (Å²) in [6.45, 7) is 0.754. The first-order chi connectivity index (χ1) is 12.5. The molecular weight excluding hydrogens is 416 g/mol. The van der Waals surface area contributed by atoms with Crippen molar-refractivity contribution in [1.29, 1.82) is 0 Å². The minimum absolute atomic E-state index is 0.212. The molecule has 1 heterocycles. The molecule has 0 aliphatic carbocycles. The Balaban J connectivity index is 1.76. The summed E-state index contributed by atoms with van der Waals surface area (Å²) >= 11 is 3.31. The Bertz CT molecular complexity index is 854. The van der Waals surface area contributed by atoms with E-state index < -0.39 is 16.1 Å². The van der Waals surface area contributed by atoms with Gasteiger partial charge in [-0.1, -0.05) is 52.7 Å². The molecule has 2 aromatic rings. The van der Waals surface area contributed by atoms with E-state index in [9.17, 15) is 13.2 Å². The van der Waals surface area contributed by atoms with Crippen LogP contribution >= 0.6 is 15.9 Å². The lowest BCUT2D eigenvalue weighted by molar-refractivity contribution is -0.125. The van der Waals surface area contributed by atoms with Gasteiger partial charge in [0.1, 0.15) is 6.04 Å². The third kappa shape index (κ3) is 4.34. The second kappa shape index (κ2) is 8.33. The van der Waals surface area contributed by atoms with Crippen LogP contribution in [0.3, 0.4) is 0 Å². The van der Waals surface area contributed by atoms with E-state index in [1.54, 1.807) is 24.3 Å². The molecule has 138 valence electrons. The van der Waals surface area contributed by atoms with E-state index in [1.165, 1.54) is 4.31 Å². The zero-order valence-corrected chi connectivity index (χ0v) is 16.7. The Morgan fingerprint density at radius 1 is 1.08 bits per heavy atom. The summed E-state index contributed by atoms with van der Waals surface area (Å²) in [5, 5.41) is 2.88. The minimum atomic E-state index is -3.70.